The van der Waals surface area contributed by atoms with E-state index in [1.165, 1.54) is 0 Å². The van der Waals surface area contributed by atoms with Crippen LogP contribution in [0.15, 0.2) is 42.9 Å². The summed E-state index contributed by atoms with van der Waals surface area (Å²) in [7, 11) is 0. The van der Waals surface area contributed by atoms with E-state index in [1.54, 1.807) is 16.7 Å². The molecular weight excluding hydrogens is 321 g/mol. The van der Waals surface area contributed by atoms with Crippen molar-refractivity contribution >= 4 is 28.3 Å². The smallest absolute Gasteiger partial charge is 0.189 e. The third kappa shape index (κ3) is 2.05. The highest BCUT2D eigenvalue weighted by molar-refractivity contribution is 6.03. The Morgan fingerprint density at radius 3 is 2.96 bits per heavy atom. The number of fused-ring (bicyclic) bond motifs is 2. The lowest BCUT2D eigenvalue weighted by Gasteiger charge is -2.06. The minimum absolute atomic E-state index is 0.141. The van der Waals surface area contributed by atoms with Crippen LogP contribution in [0.1, 0.15) is 16.9 Å². The fraction of sp³-hybridized carbons (Fsp3) is 0.167. The molecule has 0 radical (unpaired) electrons. The lowest BCUT2D eigenvalue weighted by Crippen LogP contribution is -2.10. The SMILES string of the molecule is Nc1nc2ccc(-c3ccnc4[nH]ccc34)cn2c1C(=O)[C@@H]1C[C@@H]1F. The highest BCUT2D eigenvalue weighted by Gasteiger charge is 2.45. The van der Waals surface area contributed by atoms with E-state index in [1.807, 2.05) is 30.6 Å². The molecule has 1 fully saturated rings. The second-order valence-corrected chi connectivity index (χ2v) is 6.31. The van der Waals surface area contributed by atoms with E-state index >= 15 is 0 Å². The number of carbonyl (C=O) groups is 1. The Hall–Kier alpha value is -3.22. The van der Waals surface area contributed by atoms with Crippen LogP contribution in [0.2, 0.25) is 0 Å². The number of hydrogen-bond acceptors (Lipinski definition) is 4. The van der Waals surface area contributed by atoms with Gasteiger partial charge in [0.25, 0.3) is 0 Å². The number of H-pyrrole nitrogens is 1. The fourth-order valence-corrected chi connectivity index (χ4v) is 3.29. The van der Waals surface area contributed by atoms with Gasteiger partial charge in [0.2, 0.25) is 0 Å². The fourth-order valence-electron chi connectivity index (χ4n) is 3.29. The van der Waals surface area contributed by atoms with E-state index in [0.29, 0.717) is 5.65 Å². The Labute approximate surface area is 141 Å². The minimum Gasteiger partial charge on any atom is -0.382 e. The van der Waals surface area contributed by atoms with Gasteiger partial charge in [0.15, 0.2) is 11.6 Å². The van der Waals surface area contributed by atoms with Gasteiger partial charge in [-0.1, -0.05) is 0 Å². The van der Waals surface area contributed by atoms with Crippen molar-refractivity contribution in [3.8, 4) is 11.1 Å². The number of alkyl halides is 1. The molecule has 0 aliphatic heterocycles. The molecule has 25 heavy (non-hydrogen) atoms. The molecule has 1 aliphatic carbocycles. The number of pyridine rings is 2. The van der Waals surface area contributed by atoms with Crippen molar-refractivity contribution < 1.29 is 9.18 Å². The molecule has 4 aromatic rings. The molecule has 2 atom stereocenters. The molecule has 0 amide bonds. The average molecular weight is 335 g/mol. The Kier molecular flexibility index (Phi) is 2.77. The Morgan fingerprint density at radius 2 is 2.16 bits per heavy atom. The van der Waals surface area contributed by atoms with Gasteiger partial charge < -0.3 is 10.7 Å². The van der Waals surface area contributed by atoms with Gasteiger partial charge in [-0.05, 0) is 41.8 Å². The maximum atomic E-state index is 13.3. The van der Waals surface area contributed by atoms with Crippen LogP contribution in [0.4, 0.5) is 10.2 Å². The van der Waals surface area contributed by atoms with Crippen LogP contribution < -0.4 is 5.73 Å². The van der Waals surface area contributed by atoms with Gasteiger partial charge >= 0.3 is 0 Å². The van der Waals surface area contributed by atoms with Gasteiger partial charge in [-0.3, -0.25) is 9.20 Å². The highest BCUT2D eigenvalue weighted by atomic mass is 19.1. The molecule has 0 aromatic carbocycles. The number of ketones is 1. The van der Waals surface area contributed by atoms with Crippen LogP contribution in [0, 0.1) is 5.92 Å². The molecule has 124 valence electrons. The highest BCUT2D eigenvalue weighted by Crippen LogP contribution is 2.38. The molecular formula is C18H14FN5O. The third-order valence-electron chi connectivity index (χ3n) is 4.70. The summed E-state index contributed by atoms with van der Waals surface area (Å²) >= 11 is 0. The van der Waals surface area contributed by atoms with Gasteiger partial charge in [-0.2, -0.15) is 0 Å². The van der Waals surface area contributed by atoms with Crippen molar-refractivity contribution in [2.24, 2.45) is 5.92 Å². The molecule has 1 aliphatic rings. The third-order valence-corrected chi connectivity index (χ3v) is 4.70. The zero-order chi connectivity index (χ0) is 17.1. The zero-order valence-electron chi connectivity index (χ0n) is 13.1. The van der Waals surface area contributed by atoms with Gasteiger partial charge in [-0.25, -0.2) is 14.4 Å². The summed E-state index contributed by atoms with van der Waals surface area (Å²) in [4.78, 5) is 24.1. The number of nitrogens with one attached hydrogen (secondary N) is 1. The first-order valence-electron chi connectivity index (χ1n) is 8.02. The van der Waals surface area contributed by atoms with E-state index in [-0.39, 0.29) is 23.7 Å². The first-order valence-corrected chi connectivity index (χ1v) is 8.02. The van der Waals surface area contributed by atoms with Crippen molar-refractivity contribution in [2.45, 2.75) is 12.6 Å². The van der Waals surface area contributed by atoms with E-state index < -0.39 is 12.1 Å². The van der Waals surface area contributed by atoms with Crippen LogP contribution >= 0.6 is 0 Å². The van der Waals surface area contributed by atoms with Crippen LogP contribution in [0.5, 0.6) is 0 Å². The topological polar surface area (TPSA) is 89.1 Å². The predicted octanol–water partition coefficient (Wildman–Crippen LogP) is 3.00. The maximum absolute atomic E-state index is 13.3. The van der Waals surface area contributed by atoms with E-state index in [4.69, 9.17) is 5.73 Å². The number of imidazole rings is 1. The molecule has 0 spiro atoms. The molecule has 0 bridgehead atoms. The molecule has 4 heterocycles. The Morgan fingerprint density at radius 1 is 1.32 bits per heavy atom. The average Bonchev–Trinajstić information content (AvgIpc) is 3.03. The van der Waals surface area contributed by atoms with Crippen LogP contribution in [0.25, 0.3) is 27.8 Å². The summed E-state index contributed by atoms with van der Waals surface area (Å²) < 4.78 is 15.0. The Bertz CT molecular complexity index is 1140. The number of anilines is 1. The number of halogens is 1. The monoisotopic (exact) mass is 335 g/mol. The van der Waals surface area contributed by atoms with Crippen LogP contribution in [-0.2, 0) is 0 Å². The maximum Gasteiger partial charge on any atom is 0.189 e. The quantitative estimate of drug-likeness (QED) is 0.563. The van der Waals surface area contributed by atoms with Gasteiger partial charge in [-0.15, -0.1) is 0 Å². The zero-order valence-corrected chi connectivity index (χ0v) is 13.1. The van der Waals surface area contributed by atoms with Gasteiger partial charge in [0.1, 0.15) is 23.2 Å². The predicted molar refractivity (Wildman–Crippen MR) is 92.0 cm³/mol. The largest absolute Gasteiger partial charge is 0.382 e. The number of carbonyl (C=O) groups excluding carboxylic acids is 1. The summed E-state index contributed by atoms with van der Waals surface area (Å²) in [6.45, 7) is 0. The lowest BCUT2D eigenvalue weighted by atomic mass is 10.1. The normalized spacial score (nSPS) is 19.6. The van der Waals surface area contributed by atoms with Crippen molar-refractivity contribution in [2.75, 3.05) is 5.73 Å². The van der Waals surface area contributed by atoms with Gasteiger partial charge in [0.05, 0.1) is 5.92 Å². The van der Waals surface area contributed by atoms with E-state index in [9.17, 15) is 9.18 Å². The van der Waals surface area contributed by atoms with Crippen molar-refractivity contribution in [3.63, 3.8) is 0 Å². The molecule has 6 nitrogen and oxygen atoms in total. The van der Waals surface area contributed by atoms with Gasteiger partial charge in [0, 0.05) is 24.0 Å². The summed E-state index contributed by atoms with van der Waals surface area (Å²) in [5.74, 6) is -0.734. The van der Waals surface area contributed by atoms with Crippen LogP contribution in [-0.4, -0.2) is 31.3 Å². The molecule has 7 heteroatoms. The second kappa shape index (κ2) is 4.89. The molecule has 0 saturated heterocycles. The minimum atomic E-state index is -1.07. The van der Waals surface area contributed by atoms with Crippen molar-refractivity contribution in [1.82, 2.24) is 19.4 Å². The summed E-state index contributed by atoms with van der Waals surface area (Å²) in [5, 5.41) is 0.980. The first-order chi connectivity index (χ1) is 12.1. The number of nitrogens with two attached hydrogens (primary N) is 1. The number of nitrogens with zero attached hydrogens (tertiary/aromatic N) is 3. The standard InChI is InChI=1S/C18H14FN5O/c19-13-7-12(13)16(25)15-17(20)23-14-2-1-9(8-24(14)15)10-3-5-21-18-11(10)4-6-22-18/h1-6,8,12-13H,7,20H2,(H,21,22)/t12-,13+/m1/s1. The molecule has 4 aromatic heterocycles. The first kappa shape index (κ1) is 14.2. The molecule has 0 unspecified atom stereocenters. The van der Waals surface area contributed by atoms with E-state index in [0.717, 1.165) is 22.2 Å². The summed E-state index contributed by atoms with van der Waals surface area (Å²) in [6.07, 6.45) is 4.58. The molecule has 1 saturated carbocycles. The second-order valence-electron chi connectivity index (χ2n) is 6.31. The number of nitrogen functional groups attached to an aromatic ring is 1. The molecule has 3 N–H and O–H groups in total. The van der Waals surface area contributed by atoms with Crippen molar-refractivity contribution in [1.29, 1.82) is 0 Å². The van der Waals surface area contributed by atoms with E-state index in [2.05, 4.69) is 15.0 Å². The summed E-state index contributed by atoms with van der Waals surface area (Å²) in [5.41, 5.74) is 9.44. The number of aromatic amines is 1. The molecule has 5 rings (SSSR count). The number of hydrogen-bond donors (Lipinski definition) is 2. The number of Topliss-reactive ketones (excluding diaryl/α,β-unsaturated/α-hetero) is 1. The van der Waals surface area contributed by atoms with Crippen LogP contribution in [0.3, 0.4) is 0 Å². The number of rotatable bonds is 3. The summed E-state index contributed by atoms with van der Waals surface area (Å²) in [6, 6.07) is 7.60. The Balaban J connectivity index is 1.71. The van der Waals surface area contributed by atoms with Crippen molar-refractivity contribution in [3.05, 3.63) is 48.5 Å². The lowest BCUT2D eigenvalue weighted by molar-refractivity contribution is 0.0952. The number of aromatic nitrogens is 4.